The van der Waals surface area contributed by atoms with Crippen LogP contribution in [0.3, 0.4) is 0 Å². The molecule has 6 nitrogen and oxygen atoms in total. The van der Waals surface area contributed by atoms with Crippen molar-refractivity contribution < 1.29 is 10.0 Å². The van der Waals surface area contributed by atoms with E-state index in [2.05, 4.69) is 5.10 Å². The molecule has 1 aromatic heterocycles. The van der Waals surface area contributed by atoms with Crippen LogP contribution >= 0.6 is 0 Å². The standard InChI is InChI=1S/C11H19N3O3/c1-7-10(14(16)17)8(2)13(12-7)6-9(15)11(3,4)5/h9,15H,6H2,1-5H3. The van der Waals surface area contributed by atoms with Gasteiger partial charge in [0.1, 0.15) is 11.4 Å². The van der Waals surface area contributed by atoms with Crippen molar-refractivity contribution in [2.75, 3.05) is 0 Å². The summed E-state index contributed by atoms with van der Waals surface area (Å²) in [6.07, 6.45) is -0.597. The molecule has 6 heteroatoms. The van der Waals surface area contributed by atoms with Gasteiger partial charge in [0.15, 0.2) is 0 Å². The van der Waals surface area contributed by atoms with Crippen LogP contribution in [0.4, 0.5) is 5.69 Å². The maximum atomic E-state index is 10.8. The van der Waals surface area contributed by atoms with Gasteiger partial charge in [0.05, 0.1) is 17.6 Å². The fourth-order valence-electron chi connectivity index (χ4n) is 1.57. The number of hydrogen-bond acceptors (Lipinski definition) is 4. The van der Waals surface area contributed by atoms with Gasteiger partial charge in [-0.1, -0.05) is 20.8 Å². The van der Waals surface area contributed by atoms with Gasteiger partial charge in [-0.25, -0.2) is 0 Å². The Morgan fingerprint density at radius 3 is 2.35 bits per heavy atom. The molecule has 0 saturated carbocycles. The van der Waals surface area contributed by atoms with Crippen molar-refractivity contribution in [3.05, 3.63) is 21.5 Å². The van der Waals surface area contributed by atoms with E-state index in [-0.39, 0.29) is 17.6 Å². The molecule has 0 saturated heterocycles. The van der Waals surface area contributed by atoms with Crippen LogP contribution in [0.15, 0.2) is 0 Å². The summed E-state index contributed by atoms with van der Waals surface area (Å²) in [7, 11) is 0. The summed E-state index contributed by atoms with van der Waals surface area (Å²) >= 11 is 0. The van der Waals surface area contributed by atoms with Crippen LogP contribution in [0.1, 0.15) is 32.2 Å². The van der Waals surface area contributed by atoms with Crippen molar-refractivity contribution in [1.29, 1.82) is 0 Å². The number of aliphatic hydroxyl groups excluding tert-OH is 1. The molecule has 1 aromatic rings. The summed E-state index contributed by atoms with van der Waals surface area (Å²) in [6.45, 7) is 9.26. The number of rotatable bonds is 3. The maximum Gasteiger partial charge on any atom is 0.312 e. The van der Waals surface area contributed by atoms with Gasteiger partial charge in [-0.2, -0.15) is 5.10 Å². The van der Waals surface area contributed by atoms with E-state index in [9.17, 15) is 15.2 Å². The molecule has 0 aromatic carbocycles. The second-order valence-corrected chi connectivity index (χ2v) is 5.34. The first-order valence-electron chi connectivity index (χ1n) is 5.51. The Bertz CT molecular complexity index is 432. The quantitative estimate of drug-likeness (QED) is 0.646. The fraction of sp³-hybridized carbons (Fsp3) is 0.727. The van der Waals surface area contributed by atoms with Gasteiger partial charge in [-0.05, 0) is 19.3 Å². The van der Waals surface area contributed by atoms with Gasteiger partial charge >= 0.3 is 5.69 Å². The van der Waals surface area contributed by atoms with E-state index in [0.717, 1.165) is 0 Å². The predicted octanol–water partition coefficient (Wildman–Crippen LogP) is 1.82. The highest BCUT2D eigenvalue weighted by Crippen LogP contribution is 2.25. The molecule has 0 aliphatic rings. The monoisotopic (exact) mass is 241 g/mol. The van der Waals surface area contributed by atoms with Crippen molar-refractivity contribution in [2.24, 2.45) is 5.41 Å². The summed E-state index contributed by atoms with van der Waals surface area (Å²) in [4.78, 5) is 10.4. The summed E-state index contributed by atoms with van der Waals surface area (Å²) < 4.78 is 1.50. The highest BCUT2D eigenvalue weighted by Gasteiger charge is 2.27. The number of aryl methyl sites for hydroxylation is 1. The number of aliphatic hydroxyl groups is 1. The van der Waals surface area contributed by atoms with Crippen LogP contribution in [0.5, 0.6) is 0 Å². The molecule has 96 valence electrons. The maximum absolute atomic E-state index is 10.8. The van der Waals surface area contributed by atoms with Crippen LogP contribution in [-0.2, 0) is 6.54 Å². The highest BCUT2D eigenvalue weighted by molar-refractivity contribution is 5.39. The van der Waals surface area contributed by atoms with Gasteiger partial charge in [0.2, 0.25) is 0 Å². The predicted molar refractivity (Wildman–Crippen MR) is 63.8 cm³/mol. The summed E-state index contributed by atoms with van der Waals surface area (Å²) in [5.74, 6) is 0. The second-order valence-electron chi connectivity index (χ2n) is 5.34. The van der Waals surface area contributed by atoms with Crippen molar-refractivity contribution in [3.63, 3.8) is 0 Å². The Hall–Kier alpha value is -1.43. The topological polar surface area (TPSA) is 81.2 Å². The van der Waals surface area contributed by atoms with Crippen molar-refractivity contribution in [1.82, 2.24) is 9.78 Å². The molecule has 0 bridgehead atoms. The summed E-state index contributed by atoms with van der Waals surface area (Å²) in [6, 6.07) is 0. The molecule has 1 unspecified atom stereocenters. The molecule has 0 aliphatic carbocycles. The highest BCUT2D eigenvalue weighted by atomic mass is 16.6. The van der Waals surface area contributed by atoms with Crippen molar-refractivity contribution in [2.45, 2.75) is 47.3 Å². The zero-order chi connectivity index (χ0) is 13.4. The van der Waals surface area contributed by atoms with Crippen molar-refractivity contribution >= 4 is 5.69 Å². The van der Waals surface area contributed by atoms with Crippen molar-refractivity contribution in [3.8, 4) is 0 Å². The molecule has 0 radical (unpaired) electrons. The fourth-order valence-corrected chi connectivity index (χ4v) is 1.57. The van der Waals surface area contributed by atoms with E-state index >= 15 is 0 Å². The van der Waals surface area contributed by atoms with E-state index in [1.807, 2.05) is 20.8 Å². The lowest BCUT2D eigenvalue weighted by molar-refractivity contribution is -0.386. The normalized spacial score (nSPS) is 13.8. The molecular formula is C11H19N3O3. The molecule has 0 aliphatic heterocycles. The van der Waals surface area contributed by atoms with Gasteiger partial charge in [0.25, 0.3) is 0 Å². The Morgan fingerprint density at radius 1 is 1.47 bits per heavy atom. The molecule has 0 fully saturated rings. The first-order chi connectivity index (χ1) is 7.64. The molecule has 1 rings (SSSR count). The Balaban J connectivity index is 3.02. The average Bonchev–Trinajstić information content (AvgIpc) is 2.40. The molecule has 0 amide bonds. The van der Waals surface area contributed by atoms with E-state index in [0.29, 0.717) is 11.4 Å². The summed E-state index contributed by atoms with van der Waals surface area (Å²) in [5.41, 5.74) is 0.622. The van der Waals surface area contributed by atoms with E-state index in [4.69, 9.17) is 0 Å². The summed E-state index contributed by atoms with van der Waals surface area (Å²) in [5, 5.41) is 24.9. The minimum atomic E-state index is -0.597. The van der Waals surface area contributed by atoms with E-state index in [1.54, 1.807) is 13.8 Å². The number of nitrogens with zero attached hydrogens (tertiary/aromatic N) is 3. The lowest BCUT2D eigenvalue weighted by Crippen LogP contribution is -2.31. The molecule has 1 heterocycles. The van der Waals surface area contributed by atoms with Crippen LogP contribution in [0, 0.1) is 29.4 Å². The zero-order valence-electron chi connectivity index (χ0n) is 10.9. The number of hydrogen-bond donors (Lipinski definition) is 1. The number of nitro groups is 1. The lowest BCUT2D eigenvalue weighted by atomic mass is 9.89. The first kappa shape index (κ1) is 13.6. The molecule has 17 heavy (non-hydrogen) atoms. The SMILES string of the molecule is Cc1nn(CC(O)C(C)(C)C)c(C)c1[N+](=O)[O-]. The average molecular weight is 241 g/mol. The third-order valence-corrected chi connectivity index (χ3v) is 2.87. The lowest BCUT2D eigenvalue weighted by Gasteiger charge is -2.25. The Morgan fingerprint density at radius 2 is 2.00 bits per heavy atom. The smallest absolute Gasteiger partial charge is 0.312 e. The third kappa shape index (κ3) is 2.82. The first-order valence-corrected chi connectivity index (χ1v) is 5.51. The third-order valence-electron chi connectivity index (χ3n) is 2.87. The number of aromatic nitrogens is 2. The van der Waals surface area contributed by atoms with Gasteiger partial charge in [-0.15, -0.1) is 0 Å². The Labute approximate surface area is 100 Å². The van der Waals surface area contributed by atoms with Crippen LogP contribution < -0.4 is 0 Å². The zero-order valence-corrected chi connectivity index (χ0v) is 10.9. The van der Waals surface area contributed by atoms with Gasteiger partial charge in [0, 0.05) is 0 Å². The van der Waals surface area contributed by atoms with Crippen LogP contribution in [0.25, 0.3) is 0 Å². The minimum Gasteiger partial charge on any atom is -0.391 e. The van der Waals surface area contributed by atoms with E-state index < -0.39 is 11.0 Å². The second kappa shape index (κ2) is 4.44. The molecule has 0 spiro atoms. The van der Waals surface area contributed by atoms with Gasteiger partial charge in [-0.3, -0.25) is 14.8 Å². The van der Waals surface area contributed by atoms with Crippen LogP contribution in [0.2, 0.25) is 0 Å². The molecule has 1 atom stereocenters. The largest absolute Gasteiger partial charge is 0.391 e. The van der Waals surface area contributed by atoms with Crippen LogP contribution in [-0.4, -0.2) is 25.9 Å². The molecular weight excluding hydrogens is 222 g/mol. The Kier molecular flexibility index (Phi) is 3.56. The molecule has 1 N–H and O–H groups in total. The van der Waals surface area contributed by atoms with E-state index in [1.165, 1.54) is 4.68 Å². The minimum absolute atomic E-state index is 0.0334. The van der Waals surface area contributed by atoms with Gasteiger partial charge < -0.3 is 5.11 Å².